The van der Waals surface area contributed by atoms with E-state index in [0.29, 0.717) is 17.6 Å². The van der Waals surface area contributed by atoms with Crippen LogP contribution in [0.1, 0.15) is 26.7 Å². The fraction of sp³-hybridized carbons (Fsp3) is 0.545. The summed E-state index contributed by atoms with van der Waals surface area (Å²) in [5.74, 6) is -0.123. The van der Waals surface area contributed by atoms with Gasteiger partial charge in [-0.2, -0.15) is 4.98 Å². The molecule has 0 radical (unpaired) electrons. The van der Waals surface area contributed by atoms with Gasteiger partial charge in [-0.05, 0) is 12.8 Å². The Morgan fingerprint density at radius 1 is 1.56 bits per heavy atom. The van der Waals surface area contributed by atoms with Gasteiger partial charge in [0.2, 0.25) is 5.88 Å². The fourth-order valence-electron chi connectivity index (χ4n) is 1.16. The third-order valence-corrected chi connectivity index (χ3v) is 2.28. The molecule has 16 heavy (non-hydrogen) atoms. The standard InChI is InChI=1S/C11H15N3O2/c1-7(2)11(15)16-10-9(5-12-6-13-10)14-8-3-4-8/h5-8,14H,3-4H2,1-2H3. The van der Waals surface area contributed by atoms with Crippen molar-refractivity contribution in [2.24, 2.45) is 5.92 Å². The van der Waals surface area contributed by atoms with Crippen molar-refractivity contribution in [1.82, 2.24) is 9.97 Å². The van der Waals surface area contributed by atoms with Crippen LogP contribution in [-0.2, 0) is 4.79 Å². The molecular weight excluding hydrogens is 206 g/mol. The number of nitrogens with zero attached hydrogens (tertiary/aromatic N) is 2. The Labute approximate surface area is 94.2 Å². The molecule has 5 nitrogen and oxygen atoms in total. The van der Waals surface area contributed by atoms with Gasteiger partial charge in [0.05, 0.1) is 12.1 Å². The van der Waals surface area contributed by atoms with Crippen LogP contribution < -0.4 is 10.1 Å². The van der Waals surface area contributed by atoms with Crippen LogP contribution in [0.15, 0.2) is 12.5 Å². The summed E-state index contributed by atoms with van der Waals surface area (Å²) in [6.07, 6.45) is 5.30. The van der Waals surface area contributed by atoms with Crippen molar-refractivity contribution in [1.29, 1.82) is 0 Å². The first kappa shape index (κ1) is 10.9. The van der Waals surface area contributed by atoms with Gasteiger partial charge in [-0.1, -0.05) is 13.8 Å². The number of nitrogens with one attached hydrogen (secondary N) is 1. The number of carbonyl (C=O) groups is 1. The van der Waals surface area contributed by atoms with E-state index in [0.717, 1.165) is 12.8 Å². The average Bonchev–Trinajstić information content (AvgIpc) is 3.04. The van der Waals surface area contributed by atoms with Gasteiger partial charge in [0.25, 0.3) is 0 Å². The van der Waals surface area contributed by atoms with Crippen molar-refractivity contribution in [2.45, 2.75) is 32.7 Å². The predicted octanol–water partition coefficient (Wildman–Crippen LogP) is 1.61. The van der Waals surface area contributed by atoms with Crippen LogP contribution in [0.25, 0.3) is 0 Å². The van der Waals surface area contributed by atoms with Crippen LogP contribution in [0, 0.1) is 5.92 Å². The van der Waals surface area contributed by atoms with Gasteiger partial charge in [0, 0.05) is 6.04 Å². The molecule has 1 aromatic heterocycles. The quantitative estimate of drug-likeness (QED) is 0.782. The molecule has 1 aliphatic rings. The van der Waals surface area contributed by atoms with Crippen LogP contribution >= 0.6 is 0 Å². The topological polar surface area (TPSA) is 64.1 Å². The number of anilines is 1. The summed E-state index contributed by atoms with van der Waals surface area (Å²) in [5, 5.41) is 3.23. The molecule has 5 heteroatoms. The minimum atomic E-state index is -0.280. The van der Waals surface area contributed by atoms with Crippen molar-refractivity contribution in [3.05, 3.63) is 12.5 Å². The molecule has 86 valence electrons. The molecule has 0 bridgehead atoms. The highest BCUT2D eigenvalue weighted by Crippen LogP contribution is 2.28. The van der Waals surface area contributed by atoms with E-state index in [4.69, 9.17) is 4.74 Å². The second-order valence-electron chi connectivity index (χ2n) is 4.24. The lowest BCUT2D eigenvalue weighted by Gasteiger charge is -2.10. The lowest BCUT2D eigenvalue weighted by Crippen LogP contribution is -2.17. The summed E-state index contributed by atoms with van der Waals surface area (Å²) >= 11 is 0. The lowest BCUT2D eigenvalue weighted by molar-refractivity contribution is -0.138. The second kappa shape index (κ2) is 4.47. The zero-order valence-corrected chi connectivity index (χ0v) is 9.43. The monoisotopic (exact) mass is 221 g/mol. The molecule has 2 rings (SSSR count). The highest BCUT2D eigenvalue weighted by atomic mass is 16.5. The fourth-order valence-corrected chi connectivity index (χ4v) is 1.16. The minimum Gasteiger partial charge on any atom is -0.405 e. The van der Waals surface area contributed by atoms with Crippen molar-refractivity contribution < 1.29 is 9.53 Å². The van der Waals surface area contributed by atoms with Crippen LogP contribution in [0.4, 0.5) is 5.69 Å². The molecule has 0 aromatic carbocycles. The third kappa shape index (κ3) is 2.68. The van der Waals surface area contributed by atoms with Crippen molar-refractivity contribution in [2.75, 3.05) is 5.32 Å². The molecule has 1 saturated carbocycles. The van der Waals surface area contributed by atoms with E-state index in [-0.39, 0.29) is 11.9 Å². The van der Waals surface area contributed by atoms with E-state index < -0.39 is 0 Å². The highest BCUT2D eigenvalue weighted by Gasteiger charge is 2.23. The maximum absolute atomic E-state index is 11.5. The van der Waals surface area contributed by atoms with E-state index in [9.17, 15) is 4.79 Å². The number of esters is 1. The third-order valence-electron chi connectivity index (χ3n) is 2.28. The predicted molar refractivity (Wildman–Crippen MR) is 59.1 cm³/mol. The lowest BCUT2D eigenvalue weighted by atomic mass is 10.2. The van der Waals surface area contributed by atoms with E-state index in [1.165, 1.54) is 6.33 Å². The molecule has 0 saturated heterocycles. The summed E-state index contributed by atoms with van der Waals surface area (Å²) in [7, 11) is 0. The van der Waals surface area contributed by atoms with Crippen molar-refractivity contribution >= 4 is 11.7 Å². The first-order chi connectivity index (χ1) is 7.66. The number of ether oxygens (including phenoxy) is 1. The van der Waals surface area contributed by atoms with E-state index >= 15 is 0 Å². The normalized spacial score (nSPS) is 14.9. The molecule has 0 unspecified atom stereocenters. The molecule has 0 spiro atoms. The van der Waals surface area contributed by atoms with E-state index in [1.807, 2.05) is 0 Å². The molecule has 0 atom stereocenters. The van der Waals surface area contributed by atoms with Gasteiger partial charge in [-0.3, -0.25) is 4.79 Å². The van der Waals surface area contributed by atoms with Gasteiger partial charge in [0.1, 0.15) is 12.0 Å². The smallest absolute Gasteiger partial charge is 0.315 e. The Bertz CT molecular complexity index is 389. The molecule has 0 amide bonds. The SMILES string of the molecule is CC(C)C(=O)Oc1ncncc1NC1CC1. The Hall–Kier alpha value is -1.65. The maximum atomic E-state index is 11.5. The summed E-state index contributed by atoms with van der Waals surface area (Å²) in [6, 6.07) is 0.475. The number of rotatable bonds is 4. The van der Waals surface area contributed by atoms with Crippen molar-refractivity contribution in [3.63, 3.8) is 0 Å². The van der Waals surface area contributed by atoms with Gasteiger partial charge >= 0.3 is 5.97 Å². The maximum Gasteiger partial charge on any atom is 0.315 e. The molecule has 1 heterocycles. The molecular formula is C11H15N3O2. The van der Waals surface area contributed by atoms with Gasteiger partial charge in [0.15, 0.2) is 0 Å². The summed E-state index contributed by atoms with van der Waals surface area (Å²) in [4.78, 5) is 19.3. The summed E-state index contributed by atoms with van der Waals surface area (Å²) in [5.41, 5.74) is 0.694. The van der Waals surface area contributed by atoms with Crippen LogP contribution in [0.2, 0.25) is 0 Å². The zero-order chi connectivity index (χ0) is 11.5. The van der Waals surface area contributed by atoms with Gasteiger partial charge in [-0.15, -0.1) is 0 Å². The zero-order valence-electron chi connectivity index (χ0n) is 9.43. The molecule has 0 aliphatic heterocycles. The number of hydrogen-bond donors (Lipinski definition) is 1. The summed E-state index contributed by atoms with van der Waals surface area (Å²) < 4.78 is 5.18. The van der Waals surface area contributed by atoms with E-state index in [2.05, 4.69) is 15.3 Å². The first-order valence-electron chi connectivity index (χ1n) is 5.45. The number of carbonyl (C=O) groups excluding carboxylic acids is 1. The Balaban J connectivity index is 2.09. The number of aromatic nitrogens is 2. The number of hydrogen-bond acceptors (Lipinski definition) is 5. The molecule has 1 fully saturated rings. The van der Waals surface area contributed by atoms with E-state index in [1.54, 1.807) is 20.0 Å². The second-order valence-corrected chi connectivity index (χ2v) is 4.24. The molecule has 1 aromatic rings. The Morgan fingerprint density at radius 2 is 2.31 bits per heavy atom. The van der Waals surface area contributed by atoms with Crippen molar-refractivity contribution in [3.8, 4) is 5.88 Å². The van der Waals surface area contributed by atoms with Crippen LogP contribution in [0.3, 0.4) is 0 Å². The van der Waals surface area contributed by atoms with Crippen LogP contribution in [0.5, 0.6) is 5.88 Å². The van der Waals surface area contributed by atoms with Gasteiger partial charge in [-0.25, -0.2) is 4.98 Å². The molecule has 1 N–H and O–H groups in total. The minimum absolute atomic E-state index is 0.163. The van der Waals surface area contributed by atoms with Crippen LogP contribution in [-0.4, -0.2) is 22.0 Å². The molecule has 1 aliphatic carbocycles. The Kier molecular flexibility index (Phi) is 3.03. The average molecular weight is 221 g/mol. The summed E-state index contributed by atoms with van der Waals surface area (Å²) in [6.45, 7) is 3.58. The first-order valence-corrected chi connectivity index (χ1v) is 5.45. The van der Waals surface area contributed by atoms with Gasteiger partial charge < -0.3 is 10.1 Å². The largest absolute Gasteiger partial charge is 0.405 e. The highest BCUT2D eigenvalue weighted by molar-refractivity contribution is 5.75. The Morgan fingerprint density at radius 3 is 2.94 bits per heavy atom.